The first kappa shape index (κ1) is 13.8. The Bertz CT molecular complexity index is 383. The second-order valence-corrected chi connectivity index (χ2v) is 4.04. The number of nitrogen functional groups attached to an aromatic ring is 1. The lowest BCUT2D eigenvalue weighted by Crippen LogP contribution is -2.13. The molecule has 0 fully saturated rings. The first-order chi connectivity index (χ1) is 8.15. The summed E-state index contributed by atoms with van der Waals surface area (Å²) in [6.07, 6.45) is 1.82. The molecule has 0 radical (unpaired) electrons. The highest BCUT2D eigenvalue weighted by atomic mass is 35.5. The van der Waals surface area contributed by atoms with Gasteiger partial charge in [0.1, 0.15) is 11.6 Å². The molecule has 4 nitrogen and oxygen atoms in total. The summed E-state index contributed by atoms with van der Waals surface area (Å²) in [5, 5.41) is 8.00. The van der Waals surface area contributed by atoms with Crippen molar-refractivity contribution in [2.24, 2.45) is 5.73 Å². The van der Waals surface area contributed by atoms with Gasteiger partial charge in [-0.2, -0.15) is 0 Å². The van der Waals surface area contributed by atoms with Gasteiger partial charge in [0, 0.05) is 18.7 Å². The third-order valence-electron chi connectivity index (χ3n) is 2.23. The van der Waals surface area contributed by atoms with Crippen LogP contribution in [0.5, 0.6) is 5.75 Å². The molecule has 0 saturated carbocycles. The van der Waals surface area contributed by atoms with Crippen LogP contribution >= 0.6 is 11.6 Å². The van der Waals surface area contributed by atoms with Crippen LogP contribution in [0.15, 0.2) is 18.2 Å². The summed E-state index contributed by atoms with van der Waals surface area (Å²) < 4.78 is 10.5. The molecular formula is C12H17ClN2O2. The number of benzene rings is 1. The van der Waals surface area contributed by atoms with E-state index in [0.29, 0.717) is 22.9 Å². The van der Waals surface area contributed by atoms with E-state index in [1.165, 1.54) is 0 Å². The van der Waals surface area contributed by atoms with E-state index >= 15 is 0 Å². The number of hydrogen-bond acceptors (Lipinski definition) is 3. The Hall–Kier alpha value is -1.26. The molecule has 1 aromatic rings. The van der Waals surface area contributed by atoms with Crippen molar-refractivity contribution in [3.8, 4) is 5.75 Å². The lowest BCUT2D eigenvalue weighted by atomic mass is 10.2. The van der Waals surface area contributed by atoms with Gasteiger partial charge in [0.25, 0.3) is 0 Å². The summed E-state index contributed by atoms with van der Waals surface area (Å²) in [6.45, 7) is 1.28. The van der Waals surface area contributed by atoms with Gasteiger partial charge < -0.3 is 15.2 Å². The Balaban J connectivity index is 2.56. The van der Waals surface area contributed by atoms with E-state index in [-0.39, 0.29) is 5.84 Å². The molecule has 0 saturated heterocycles. The first-order valence-corrected chi connectivity index (χ1v) is 5.78. The minimum atomic E-state index is -0.0199. The zero-order valence-corrected chi connectivity index (χ0v) is 10.6. The van der Waals surface area contributed by atoms with Gasteiger partial charge in [0.05, 0.1) is 12.2 Å². The zero-order valence-electron chi connectivity index (χ0n) is 9.83. The standard InChI is InChI=1S/C12H17ClN2O2/c1-16-6-2-3-7-17-11-8-9(13)4-5-10(11)12(14)15/h4-5,8H,2-3,6-7H2,1H3,(H3,14,15). The number of hydrogen-bond donors (Lipinski definition) is 2. The van der Waals surface area contributed by atoms with Crippen molar-refractivity contribution < 1.29 is 9.47 Å². The van der Waals surface area contributed by atoms with Crippen LogP contribution < -0.4 is 10.5 Å². The van der Waals surface area contributed by atoms with Crippen LogP contribution in [-0.4, -0.2) is 26.2 Å². The average molecular weight is 257 g/mol. The van der Waals surface area contributed by atoms with Gasteiger partial charge in [0.2, 0.25) is 0 Å². The molecule has 94 valence electrons. The van der Waals surface area contributed by atoms with E-state index < -0.39 is 0 Å². The van der Waals surface area contributed by atoms with Crippen molar-refractivity contribution in [2.45, 2.75) is 12.8 Å². The number of nitrogens with two attached hydrogens (primary N) is 1. The average Bonchev–Trinajstić information content (AvgIpc) is 2.28. The summed E-state index contributed by atoms with van der Waals surface area (Å²) in [5.41, 5.74) is 6.03. The minimum Gasteiger partial charge on any atom is -0.493 e. The first-order valence-electron chi connectivity index (χ1n) is 5.41. The summed E-state index contributed by atoms with van der Waals surface area (Å²) in [7, 11) is 1.67. The molecule has 0 atom stereocenters. The lowest BCUT2D eigenvalue weighted by Gasteiger charge is -2.10. The van der Waals surface area contributed by atoms with Crippen LogP contribution in [0.2, 0.25) is 5.02 Å². The van der Waals surface area contributed by atoms with E-state index in [4.69, 9.17) is 32.2 Å². The number of rotatable bonds is 7. The Labute approximate surface area is 106 Å². The Morgan fingerprint density at radius 2 is 2.06 bits per heavy atom. The fraction of sp³-hybridized carbons (Fsp3) is 0.417. The van der Waals surface area contributed by atoms with E-state index in [1.807, 2.05) is 0 Å². The second kappa shape index (κ2) is 7.14. The van der Waals surface area contributed by atoms with Gasteiger partial charge in [-0.15, -0.1) is 0 Å². The molecule has 5 heteroatoms. The van der Waals surface area contributed by atoms with Crippen LogP contribution in [0, 0.1) is 5.41 Å². The van der Waals surface area contributed by atoms with E-state index in [0.717, 1.165) is 19.4 Å². The van der Waals surface area contributed by atoms with Gasteiger partial charge in [0.15, 0.2) is 0 Å². The number of ether oxygens (including phenoxy) is 2. The fourth-order valence-electron chi connectivity index (χ4n) is 1.37. The monoisotopic (exact) mass is 256 g/mol. The molecule has 0 aliphatic heterocycles. The highest BCUT2D eigenvalue weighted by Gasteiger charge is 2.07. The van der Waals surface area contributed by atoms with Crippen LogP contribution in [0.25, 0.3) is 0 Å². The van der Waals surface area contributed by atoms with Gasteiger partial charge >= 0.3 is 0 Å². The van der Waals surface area contributed by atoms with Gasteiger partial charge in [-0.1, -0.05) is 11.6 Å². The zero-order chi connectivity index (χ0) is 12.7. The number of unbranched alkanes of at least 4 members (excludes halogenated alkanes) is 1. The predicted molar refractivity (Wildman–Crippen MR) is 69.1 cm³/mol. The van der Waals surface area contributed by atoms with Gasteiger partial charge in [-0.3, -0.25) is 5.41 Å². The molecule has 17 heavy (non-hydrogen) atoms. The third-order valence-corrected chi connectivity index (χ3v) is 2.47. The fourth-order valence-corrected chi connectivity index (χ4v) is 1.53. The van der Waals surface area contributed by atoms with Gasteiger partial charge in [-0.25, -0.2) is 0 Å². The lowest BCUT2D eigenvalue weighted by molar-refractivity contribution is 0.184. The summed E-state index contributed by atoms with van der Waals surface area (Å²) in [5.74, 6) is 0.538. The van der Waals surface area contributed by atoms with Crippen LogP contribution in [-0.2, 0) is 4.74 Å². The molecule has 0 heterocycles. The Kier molecular flexibility index (Phi) is 5.80. The topological polar surface area (TPSA) is 68.3 Å². The van der Waals surface area contributed by atoms with Crippen LogP contribution in [0.4, 0.5) is 0 Å². The second-order valence-electron chi connectivity index (χ2n) is 3.60. The predicted octanol–water partition coefficient (Wildman–Crippen LogP) is 2.43. The minimum absolute atomic E-state index is 0.0199. The van der Waals surface area contributed by atoms with Crippen molar-refractivity contribution in [3.63, 3.8) is 0 Å². The summed E-state index contributed by atoms with van der Waals surface area (Å²) >= 11 is 5.87. The third kappa shape index (κ3) is 4.63. The van der Waals surface area contributed by atoms with E-state index in [9.17, 15) is 0 Å². The quantitative estimate of drug-likeness (QED) is 0.447. The SMILES string of the molecule is COCCCCOc1cc(Cl)ccc1C(=N)N. The molecular weight excluding hydrogens is 240 g/mol. The van der Waals surface area contributed by atoms with Crippen molar-refractivity contribution in [2.75, 3.05) is 20.3 Å². The molecule has 0 aromatic heterocycles. The largest absolute Gasteiger partial charge is 0.493 e. The Morgan fingerprint density at radius 1 is 1.35 bits per heavy atom. The maximum Gasteiger partial charge on any atom is 0.131 e. The van der Waals surface area contributed by atoms with Crippen molar-refractivity contribution in [1.29, 1.82) is 5.41 Å². The number of nitrogens with one attached hydrogen (secondary N) is 1. The van der Waals surface area contributed by atoms with Crippen LogP contribution in [0.3, 0.4) is 0 Å². The molecule has 0 bridgehead atoms. The molecule has 1 aromatic carbocycles. The van der Waals surface area contributed by atoms with Crippen molar-refractivity contribution in [1.82, 2.24) is 0 Å². The number of methoxy groups -OCH3 is 1. The molecule has 0 aliphatic rings. The highest BCUT2D eigenvalue weighted by molar-refractivity contribution is 6.30. The van der Waals surface area contributed by atoms with E-state index in [2.05, 4.69) is 0 Å². The summed E-state index contributed by atoms with van der Waals surface area (Å²) in [4.78, 5) is 0. The molecule has 0 aliphatic carbocycles. The molecule has 0 unspecified atom stereocenters. The molecule has 1 rings (SSSR count). The smallest absolute Gasteiger partial charge is 0.131 e. The number of halogens is 1. The molecule has 3 N–H and O–H groups in total. The van der Waals surface area contributed by atoms with Gasteiger partial charge in [-0.05, 0) is 31.0 Å². The highest BCUT2D eigenvalue weighted by Crippen LogP contribution is 2.23. The molecule has 0 spiro atoms. The number of amidine groups is 1. The van der Waals surface area contributed by atoms with Crippen molar-refractivity contribution >= 4 is 17.4 Å². The maximum absolute atomic E-state index is 7.43. The summed E-state index contributed by atoms with van der Waals surface area (Å²) in [6, 6.07) is 5.06. The molecule has 0 amide bonds. The van der Waals surface area contributed by atoms with Crippen LogP contribution in [0.1, 0.15) is 18.4 Å². The van der Waals surface area contributed by atoms with E-state index in [1.54, 1.807) is 25.3 Å². The maximum atomic E-state index is 7.43. The normalized spacial score (nSPS) is 10.2. The Morgan fingerprint density at radius 3 is 2.71 bits per heavy atom. The van der Waals surface area contributed by atoms with Crippen molar-refractivity contribution in [3.05, 3.63) is 28.8 Å².